The van der Waals surface area contributed by atoms with Crippen LogP contribution in [0.2, 0.25) is 0 Å². The van der Waals surface area contributed by atoms with Crippen LogP contribution < -0.4 is 10.5 Å². The maximum Gasteiger partial charge on any atom is 0.420 e. The molecule has 20 heavy (non-hydrogen) atoms. The summed E-state index contributed by atoms with van der Waals surface area (Å²) in [6.45, 7) is 0. The Labute approximate surface area is 112 Å². The summed E-state index contributed by atoms with van der Waals surface area (Å²) in [5.41, 5.74) is 4.63. The molecule has 0 atom stereocenters. The lowest BCUT2D eigenvalue weighted by Crippen LogP contribution is -2.08. The van der Waals surface area contributed by atoms with Crippen molar-refractivity contribution in [3.63, 3.8) is 0 Å². The highest BCUT2D eigenvalue weighted by Gasteiger charge is 2.34. The Balaban J connectivity index is 2.35. The average Bonchev–Trinajstić information content (AvgIpc) is 2.40. The summed E-state index contributed by atoms with van der Waals surface area (Å²) in [5, 5.41) is 8.61. The van der Waals surface area contributed by atoms with Gasteiger partial charge in [0.15, 0.2) is 0 Å². The number of halogens is 3. The third-order valence-corrected chi connectivity index (χ3v) is 2.39. The first kappa shape index (κ1) is 13.7. The lowest BCUT2D eigenvalue weighted by Gasteiger charge is -2.13. The minimum Gasteiger partial charge on any atom is -0.438 e. The van der Waals surface area contributed by atoms with Crippen molar-refractivity contribution in [2.24, 2.45) is 0 Å². The molecule has 0 bridgehead atoms. The van der Waals surface area contributed by atoms with Crippen LogP contribution >= 0.6 is 0 Å². The number of aromatic nitrogens is 1. The highest BCUT2D eigenvalue weighted by atomic mass is 19.4. The number of rotatable bonds is 2. The Bertz CT molecular complexity index is 660. The smallest absolute Gasteiger partial charge is 0.420 e. The zero-order valence-corrected chi connectivity index (χ0v) is 9.98. The number of anilines is 1. The van der Waals surface area contributed by atoms with Crippen molar-refractivity contribution in [1.29, 1.82) is 5.26 Å². The second-order valence-electron chi connectivity index (χ2n) is 3.85. The maximum atomic E-state index is 12.9. The molecule has 1 heterocycles. The summed E-state index contributed by atoms with van der Waals surface area (Å²) in [6.07, 6.45) is -3.38. The van der Waals surface area contributed by atoms with E-state index in [-0.39, 0.29) is 17.1 Å². The van der Waals surface area contributed by atoms with Crippen LogP contribution in [0, 0.1) is 11.3 Å². The quantitative estimate of drug-likeness (QED) is 0.856. The van der Waals surface area contributed by atoms with Gasteiger partial charge in [-0.15, -0.1) is 0 Å². The van der Waals surface area contributed by atoms with Gasteiger partial charge in [-0.05, 0) is 24.3 Å². The van der Waals surface area contributed by atoms with E-state index in [2.05, 4.69) is 4.98 Å². The number of alkyl halides is 3. The van der Waals surface area contributed by atoms with Crippen LogP contribution in [-0.2, 0) is 6.18 Å². The molecule has 0 saturated carbocycles. The summed E-state index contributed by atoms with van der Waals surface area (Å²) in [6, 6.07) is 7.77. The van der Waals surface area contributed by atoms with Crippen LogP contribution in [0.3, 0.4) is 0 Å². The molecule has 7 heteroatoms. The van der Waals surface area contributed by atoms with E-state index in [1.54, 1.807) is 0 Å². The van der Waals surface area contributed by atoms with Gasteiger partial charge < -0.3 is 10.5 Å². The molecule has 0 fully saturated rings. The van der Waals surface area contributed by atoms with Crippen LogP contribution in [-0.4, -0.2) is 4.98 Å². The molecular formula is C13H8F3N3O. The predicted molar refractivity (Wildman–Crippen MR) is 64.9 cm³/mol. The van der Waals surface area contributed by atoms with Crippen molar-refractivity contribution >= 4 is 5.69 Å². The van der Waals surface area contributed by atoms with Gasteiger partial charge in [0, 0.05) is 18.0 Å². The first-order chi connectivity index (χ1) is 9.40. The standard InChI is InChI=1S/C13H8F3N3O/c14-13(15,16)10-5-9(18)2-3-11(10)20-12-4-1-8(6-17)7-19-12/h1-5,7H,18H2. The summed E-state index contributed by atoms with van der Waals surface area (Å²) in [5.74, 6) is -0.442. The fraction of sp³-hybridized carbons (Fsp3) is 0.0769. The van der Waals surface area contributed by atoms with Gasteiger partial charge in [-0.25, -0.2) is 4.98 Å². The van der Waals surface area contributed by atoms with E-state index in [0.29, 0.717) is 0 Å². The summed E-state index contributed by atoms with van der Waals surface area (Å²) in [4.78, 5) is 3.75. The maximum absolute atomic E-state index is 12.9. The topological polar surface area (TPSA) is 71.9 Å². The molecule has 0 aliphatic carbocycles. The molecule has 102 valence electrons. The number of nitrogens with zero attached hydrogens (tertiary/aromatic N) is 2. The molecular weight excluding hydrogens is 271 g/mol. The van der Waals surface area contributed by atoms with Crippen molar-refractivity contribution in [3.8, 4) is 17.7 Å². The number of hydrogen-bond donors (Lipinski definition) is 1. The molecule has 2 N–H and O–H groups in total. The largest absolute Gasteiger partial charge is 0.438 e. The fourth-order valence-electron chi connectivity index (χ4n) is 1.48. The van der Waals surface area contributed by atoms with Gasteiger partial charge in [-0.3, -0.25) is 0 Å². The van der Waals surface area contributed by atoms with Crippen molar-refractivity contribution in [2.45, 2.75) is 6.18 Å². The van der Waals surface area contributed by atoms with Gasteiger partial charge in [-0.1, -0.05) is 0 Å². The first-order valence-electron chi connectivity index (χ1n) is 5.41. The zero-order chi connectivity index (χ0) is 14.8. The van der Waals surface area contributed by atoms with E-state index in [1.807, 2.05) is 6.07 Å². The summed E-state index contributed by atoms with van der Waals surface area (Å²) >= 11 is 0. The minimum absolute atomic E-state index is 0.0162. The Kier molecular flexibility index (Phi) is 3.48. The van der Waals surface area contributed by atoms with Gasteiger partial charge in [-0.2, -0.15) is 18.4 Å². The predicted octanol–water partition coefficient (Wildman–Crippen LogP) is 3.35. The second-order valence-corrected chi connectivity index (χ2v) is 3.85. The van der Waals surface area contributed by atoms with Crippen molar-refractivity contribution < 1.29 is 17.9 Å². The lowest BCUT2D eigenvalue weighted by molar-refractivity contribution is -0.138. The zero-order valence-electron chi connectivity index (χ0n) is 9.98. The third kappa shape index (κ3) is 2.98. The van der Waals surface area contributed by atoms with Crippen LogP contribution in [0.1, 0.15) is 11.1 Å². The van der Waals surface area contributed by atoms with E-state index in [1.165, 1.54) is 24.4 Å². The molecule has 2 rings (SSSR count). The number of hydrogen-bond acceptors (Lipinski definition) is 4. The van der Waals surface area contributed by atoms with Crippen molar-refractivity contribution in [2.75, 3.05) is 5.73 Å². The summed E-state index contributed by atoms with van der Waals surface area (Å²) in [7, 11) is 0. The molecule has 0 spiro atoms. The number of ether oxygens (including phenoxy) is 1. The SMILES string of the molecule is N#Cc1ccc(Oc2ccc(N)cc2C(F)(F)F)nc1. The normalized spacial score (nSPS) is 10.9. The van der Waals surface area contributed by atoms with E-state index in [9.17, 15) is 13.2 Å². The van der Waals surface area contributed by atoms with Crippen LogP contribution in [0.15, 0.2) is 36.5 Å². The highest BCUT2D eigenvalue weighted by molar-refractivity contribution is 5.50. The van der Waals surface area contributed by atoms with Gasteiger partial charge in [0.1, 0.15) is 17.4 Å². The number of nitrogens with two attached hydrogens (primary N) is 1. The molecule has 0 aliphatic rings. The number of benzene rings is 1. The Morgan fingerprint density at radius 2 is 1.95 bits per heavy atom. The molecule has 1 aromatic heterocycles. The molecule has 0 radical (unpaired) electrons. The molecule has 0 saturated heterocycles. The molecule has 4 nitrogen and oxygen atoms in total. The van der Waals surface area contributed by atoms with Gasteiger partial charge in [0.05, 0.1) is 5.56 Å². The van der Waals surface area contributed by atoms with Crippen molar-refractivity contribution in [1.82, 2.24) is 4.98 Å². The van der Waals surface area contributed by atoms with Gasteiger partial charge in [0.2, 0.25) is 5.88 Å². The Hall–Kier alpha value is -2.75. The molecule has 0 amide bonds. The average molecular weight is 279 g/mol. The van der Waals surface area contributed by atoms with Crippen LogP contribution in [0.4, 0.5) is 18.9 Å². The van der Waals surface area contributed by atoms with Crippen LogP contribution in [0.25, 0.3) is 0 Å². The van der Waals surface area contributed by atoms with E-state index < -0.39 is 17.5 Å². The monoisotopic (exact) mass is 279 g/mol. The summed E-state index contributed by atoms with van der Waals surface area (Å²) < 4.78 is 43.6. The molecule has 0 unspecified atom stereocenters. The first-order valence-corrected chi connectivity index (χ1v) is 5.41. The molecule has 1 aromatic carbocycles. The lowest BCUT2D eigenvalue weighted by atomic mass is 10.1. The van der Waals surface area contributed by atoms with E-state index >= 15 is 0 Å². The second kappa shape index (κ2) is 5.09. The van der Waals surface area contributed by atoms with Crippen LogP contribution in [0.5, 0.6) is 11.6 Å². The Morgan fingerprint density at radius 3 is 2.50 bits per heavy atom. The van der Waals surface area contributed by atoms with Gasteiger partial charge >= 0.3 is 6.18 Å². The molecule has 2 aromatic rings. The van der Waals surface area contributed by atoms with Crippen molar-refractivity contribution in [3.05, 3.63) is 47.7 Å². The Morgan fingerprint density at radius 1 is 1.20 bits per heavy atom. The number of pyridine rings is 1. The van der Waals surface area contributed by atoms with Gasteiger partial charge in [0.25, 0.3) is 0 Å². The minimum atomic E-state index is -4.59. The third-order valence-electron chi connectivity index (χ3n) is 2.39. The van der Waals surface area contributed by atoms with E-state index in [0.717, 1.165) is 12.1 Å². The number of nitrogen functional groups attached to an aromatic ring is 1. The molecule has 0 aliphatic heterocycles. The van der Waals surface area contributed by atoms with E-state index in [4.69, 9.17) is 15.7 Å². The fourth-order valence-corrected chi connectivity index (χ4v) is 1.48. The highest BCUT2D eigenvalue weighted by Crippen LogP contribution is 2.38. The number of nitriles is 1.